The summed E-state index contributed by atoms with van der Waals surface area (Å²) >= 11 is 0. The minimum atomic E-state index is -5.37. The third-order valence-corrected chi connectivity index (χ3v) is 5.41. The Hall–Kier alpha value is -2.63. The van der Waals surface area contributed by atoms with Crippen LogP contribution in [0.3, 0.4) is 0 Å². The SMILES string of the molecule is COCOC1(F)CC(C(C(F)(F)F)C(N)(CC(C)(C)F)C(=O)O)=C(C=O)C=C1c1ccccc1. The van der Waals surface area contributed by atoms with Gasteiger partial charge in [0.25, 0.3) is 0 Å². The largest absolute Gasteiger partial charge is 0.480 e. The highest BCUT2D eigenvalue weighted by molar-refractivity contribution is 5.89. The van der Waals surface area contributed by atoms with Gasteiger partial charge in [0.05, 0.1) is 0 Å². The summed E-state index contributed by atoms with van der Waals surface area (Å²) in [4.78, 5) is 23.8. The molecular weight excluding hydrogens is 465 g/mol. The lowest BCUT2D eigenvalue weighted by molar-refractivity contribution is -0.200. The summed E-state index contributed by atoms with van der Waals surface area (Å²) in [6.07, 6.45) is -6.91. The first kappa shape index (κ1) is 27.6. The number of ether oxygens (including phenoxy) is 2. The number of alkyl halides is 5. The van der Waals surface area contributed by atoms with Gasteiger partial charge >= 0.3 is 12.1 Å². The van der Waals surface area contributed by atoms with Crippen molar-refractivity contribution in [2.75, 3.05) is 13.9 Å². The molecular formula is C23H26F5NO5. The fourth-order valence-electron chi connectivity index (χ4n) is 4.17. The smallest absolute Gasteiger partial charge is 0.397 e. The third-order valence-electron chi connectivity index (χ3n) is 5.41. The molecule has 188 valence electrons. The summed E-state index contributed by atoms with van der Waals surface area (Å²) in [6, 6.07) is 7.63. The van der Waals surface area contributed by atoms with Crippen LogP contribution in [0.2, 0.25) is 0 Å². The summed E-state index contributed by atoms with van der Waals surface area (Å²) in [5.74, 6) is -8.19. The van der Waals surface area contributed by atoms with Crippen LogP contribution in [0.15, 0.2) is 47.6 Å². The molecule has 3 unspecified atom stereocenters. The van der Waals surface area contributed by atoms with Gasteiger partial charge in [-0.15, -0.1) is 0 Å². The number of carboxylic acids is 1. The summed E-state index contributed by atoms with van der Waals surface area (Å²) in [7, 11) is 1.17. The Bertz CT molecular complexity index is 970. The molecule has 0 heterocycles. The van der Waals surface area contributed by atoms with Gasteiger partial charge in [0.1, 0.15) is 30.2 Å². The average molecular weight is 491 g/mol. The van der Waals surface area contributed by atoms with Crippen LogP contribution in [-0.2, 0) is 19.1 Å². The fraction of sp³-hybridized carbons (Fsp3) is 0.478. The van der Waals surface area contributed by atoms with E-state index in [-0.39, 0.29) is 17.4 Å². The van der Waals surface area contributed by atoms with Crippen molar-refractivity contribution >= 4 is 17.8 Å². The molecule has 0 spiro atoms. The van der Waals surface area contributed by atoms with Gasteiger partial charge in [-0.1, -0.05) is 30.3 Å². The molecule has 6 nitrogen and oxygen atoms in total. The van der Waals surface area contributed by atoms with E-state index >= 15 is 4.39 Å². The molecule has 0 saturated heterocycles. The lowest BCUT2D eigenvalue weighted by Gasteiger charge is -2.42. The first-order valence-corrected chi connectivity index (χ1v) is 10.1. The van der Waals surface area contributed by atoms with Crippen LogP contribution in [0, 0.1) is 5.92 Å². The van der Waals surface area contributed by atoms with E-state index in [4.69, 9.17) is 15.2 Å². The molecule has 0 bridgehead atoms. The minimum Gasteiger partial charge on any atom is -0.480 e. The zero-order valence-electron chi connectivity index (χ0n) is 18.8. The number of benzene rings is 1. The van der Waals surface area contributed by atoms with E-state index in [0.717, 1.165) is 19.9 Å². The van der Waals surface area contributed by atoms with Crippen molar-refractivity contribution in [1.29, 1.82) is 0 Å². The summed E-state index contributed by atoms with van der Waals surface area (Å²) < 4.78 is 83.5. The van der Waals surface area contributed by atoms with Crippen molar-refractivity contribution in [3.63, 3.8) is 0 Å². The van der Waals surface area contributed by atoms with Crippen LogP contribution >= 0.6 is 0 Å². The maximum Gasteiger partial charge on any atom is 0.397 e. The van der Waals surface area contributed by atoms with Crippen molar-refractivity contribution in [2.45, 2.75) is 49.9 Å². The number of rotatable bonds is 10. The van der Waals surface area contributed by atoms with Gasteiger partial charge in [-0.05, 0) is 31.1 Å². The molecule has 3 N–H and O–H groups in total. The predicted molar refractivity (Wildman–Crippen MR) is 113 cm³/mol. The van der Waals surface area contributed by atoms with E-state index in [1.54, 1.807) is 18.2 Å². The Morgan fingerprint density at radius 3 is 2.26 bits per heavy atom. The molecule has 2 rings (SSSR count). The maximum atomic E-state index is 16.2. The second-order valence-electron chi connectivity index (χ2n) is 8.69. The number of aldehydes is 1. The summed E-state index contributed by atoms with van der Waals surface area (Å²) in [5.41, 5.74) is -1.60. The van der Waals surface area contributed by atoms with E-state index < -0.39 is 65.9 Å². The number of hydrogen-bond donors (Lipinski definition) is 2. The first-order chi connectivity index (χ1) is 15.6. The van der Waals surface area contributed by atoms with Crippen LogP contribution < -0.4 is 5.73 Å². The minimum absolute atomic E-state index is 0.0514. The maximum absolute atomic E-state index is 16.2. The number of methoxy groups -OCH3 is 1. The number of nitrogens with two attached hydrogens (primary N) is 1. The Balaban J connectivity index is 2.83. The van der Waals surface area contributed by atoms with Gasteiger partial charge in [0.2, 0.25) is 5.85 Å². The quantitative estimate of drug-likeness (QED) is 0.287. The van der Waals surface area contributed by atoms with E-state index in [9.17, 15) is 32.3 Å². The molecule has 0 fully saturated rings. The Morgan fingerprint density at radius 1 is 1.24 bits per heavy atom. The van der Waals surface area contributed by atoms with Gasteiger partial charge in [0, 0.05) is 31.1 Å². The van der Waals surface area contributed by atoms with E-state index in [0.29, 0.717) is 0 Å². The van der Waals surface area contributed by atoms with Crippen molar-refractivity contribution in [2.24, 2.45) is 11.7 Å². The van der Waals surface area contributed by atoms with Crippen LogP contribution in [0.4, 0.5) is 22.0 Å². The van der Waals surface area contributed by atoms with Crippen LogP contribution in [0.25, 0.3) is 5.57 Å². The second-order valence-corrected chi connectivity index (χ2v) is 8.69. The Labute approximate surface area is 193 Å². The molecule has 34 heavy (non-hydrogen) atoms. The molecule has 0 aliphatic heterocycles. The molecule has 1 aromatic carbocycles. The lowest BCUT2D eigenvalue weighted by atomic mass is 9.69. The third kappa shape index (κ3) is 5.89. The number of carbonyl (C=O) groups excluding carboxylic acids is 1. The summed E-state index contributed by atoms with van der Waals surface area (Å²) in [5, 5.41) is 9.66. The molecule has 1 aromatic rings. The number of carbonyl (C=O) groups is 2. The Morgan fingerprint density at radius 2 is 1.82 bits per heavy atom. The van der Waals surface area contributed by atoms with Gasteiger partial charge in [-0.3, -0.25) is 9.59 Å². The molecule has 3 atom stereocenters. The molecule has 1 aliphatic carbocycles. The van der Waals surface area contributed by atoms with Crippen molar-refractivity contribution in [3.05, 3.63) is 53.1 Å². The lowest BCUT2D eigenvalue weighted by Crippen LogP contribution is -2.62. The zero-order chi connectivity index (χ0) is 25.9. The number of halogens is 5. The topological polar surface area (TPSA) is 98.8 Å². The van der Waals surface area contributed by atoms with Crippen LogP contribution in [0.5, 0.6) is 0 Å². The molecule has 1 aliphatic rings. The van der Waals surface area contributed by atoms with E-state index in [2.05, 4.69) is 0 Å². The van der Waals surface area contributed by atoms with E-state index in [1.165, 1.54) is 19.2 Å². The van der Waals surface area contributed by atoms with Crippen molar-refractivity contribution in [1.82, 2.24) is 0 Å². The van der Waals surface area contributed by atoms with Crippen LogP contribution in [-0.4, -0.2) is 54.5 Å². The first-order valence-electron chi connectivity index (χ1n) is 10.1. The van der Waals surface area contributed by atoms with Gasteiger partial charge in [-0.2, -0.15) is 13.2 Å². The van der Waals surface area contributed by atoms with Crippen LogP contribution in [0.1, 0.15) is 32.3 Å². The highest BCUT2D eigenvalue weighted by Crippen LogP contribution is 2.51. The molecule has 0 saturated carbocycles. The Kier molecular flexibility index (Phi) is 8.06. The van der Waals surface area contributed by atoms with Gasteiger partial charge < -0.3 is 20.3 Å². The number of aliphatic carboxylic acids is 1. The van der Waals surface area contributed by atoms with Crippen molar-refractivity contribution in [3.8, 4) is 0 Å². The van der Waals surface area contributed by atoms with Gasteiger partial charge in [0.15, 0.2) is 0 Å². The van der Waals surface area contributed by atoms with Crippen molar-refractivity contribution < 1.29 is 46.1 Å². The van der Waals surface area contributed by atoms with Gasteiger partial charge in [-0.25, -0.2) is 8.78 Å². The highest BCUT2D eigenvalue weighted by Gasteiger charge is 2.61. The molecule has 0 radical (unpaired) electrons. The normalized spacial score (nSPS) is 22.1. The molecule has 0 aromatic heterocycles. The fourth-order valence-corrected chi connectivity index (χ4v) is 4.17. The number of allylic oxidation sites excluding steroid dienone is 2. The van der Waals surface area contributed by atoms with E-state index in [1.807, 2.05) is 0 Å². The zero-order valence-corrected chi connectivity index (χ0v) is 18.8. The average Bonchev–Trinajstić information content (AvgIpc) is 2.70. The monoisotopic (exact) mass is 491 g/mol. The number of hydrogen-bond acceptors (Lipinski definition) is 5. The standard InChI is InChI=1S/C23H26F5NO5/c1-20(2,24)12-21(29,19(31)32)18(23(26,27)28)16-10-22(25,34-13-33-3)17(9-15(16)11-30)14-7-5-4-6-8-14/h4-9,11,18H,10,12-13,29H2,1-3H3,(H,31,32). The molecule has 0 amide bonds. The summed E-state index contributed by atoms with van der Waals surface area (Å²) in [6.45, 7) is 1.08. The second kappa shape index (κ2) is 9.93. The predicted octanol–water partition coefficient (Wildman–Crippen LogP) is 4.35. The highest BCUT2D eigenvalue weighted by atomic mass is 19.4. The molecule has 11 heteroatoms. The number of carboxylic acid groups (broad SMARTS) is 1.